The van der Waals surface area contributed by atoms with Crippen LogP contribution < -0.4 is 11.1 Å². The van der Waals surface area contributed by atoms with Gasteiger partial charge in [-0.1, -0.05) is 23.7 Å². The van der Waals surface area contributed by atoms with Crippen molar-refractivity contribution < 1.29 is 19.8 Å². The molecule has 0 unspecified atom stereocenters. The second kappa shape index (κ2) is 7.34. The molecule has 0 aliphatic carbocycles. The monoisotopic (exact) mass is 314 g/mol. The number of halogens is 1. The van der Waals surface area contributed by atoms with Crippen molar-refractivity contribution in [3.05, 3.63) is 28.8 Å². The molecule has 2 amide bonds. The lowest BCUT2D eigenvalue weighted by atomic mass is 10.2. The molecule has 0 atom stereocenters. The zero-order valence-corrected chi connectivity index (χ0v) is 12.0. The number of anilines is 1. The third-order valence-corrected chi connectivity index (χ3v) is 2.91. The number of rotatable bonds is 4. The van der Waals surface area contributed by atoms with E-state index in [2.05, 4.69) is 10.3 Å². The smallest absolute Gasteiger partial charge is 0.417 e. The highest BCUT2D eigenvalue weighted by Crippen LogP contribution is 2.27. The standard InChI is InChI=1S/C12H15ClN4O4/c1-2-15-10(14)16-8-5-3-4-7(9(8)13)6-17(11(18)19)12(20)21/h3-5H,2,6H2,1H3,(H,18,19)(H,20,21)(H3,14,15,16). The zero-order chi connectivity index (χ0) is 16.0. The SMILES string of the molecule is CCN=C(N)Nc1cccc(CN(C(=O)O)C(=O)O)c1Cl. The van der Waals surface area contributed by atoms with Crippen LogP contribution in [0.4, 0.5) is 15.3 Å². The first-order valence-corrected chi connectivity index (χ1v) is 6.32. The number of carbonyl (C=O) groups is 2. The quantitative estimate of drug-likeness (QED) is 0.498. The maximum Gasteiger partial charge on any atom is 0.417 e. The Labute approximate surface area is 125 Å². The van der Waals surface area contributed by atoms with Gasteiger partial charge in [0.25, 0.3) is 0 Å². The first kappa shape index (κ1) is 16.6. The van der Waals surface area contributed by atoms with Gasteiger partial charge in [0.2, 0.25) is 0 Å². The third kappa shape index (κ3) is 4.53. The van der Waals surface area contributed by atoms with Crippen LogP contribution in [0.1, 0.15) is 12.5 Å². The molecule has 0 saturated carbocycles. The Balaban J connectivity index is 3.02. The summed E-state index contributed by atoms with van der Waals surface area (Å²) in [5.74, 6) is 0.157. The van der Waals surface area contributed by atoms with Gasteiger partial charge < -0.3 is 21.3 Å². The summed E-state index contributed by atoms with van der Waals surface area (Å²) in [5, 5.41) is 20.6. The Morgan fingerprint density at radius 3 is 2.52 bits per heavy atom. The molecule has 1 aromatic carbocycles. The molecule has 0 aromatic heterocycles. The summed E-state index contributed by atoms with van der Waals surface area (Å²) in [5.41, 5.74) is 6.36. The maximum atomic E-state index is 10.9. The van der Waals surface area contributed by atoms with E-state index in [4.69, 9.17) is 27.5 Å². The number of benzene rings is 1. The van der Waals surface area contributed by atoms with Gasteiger partial charge in [-0.2, -0.15) is 0 Å². The fourth-order valence-corrected chi connectivity index (χ4v) is 1.77. The lowest BCUT2D eigenvalue weighted by Gasteiger charge is -2.16. The van der Waals surface area contributed by atoms with Gasteiger partial charge in [-0.25, -0.2) is 14.5 Å². The number of hydrogen-bond donors (Lipinski definition) is 4. The minimum absolute atomic E-state index is 0.157. The minimum atomic E-state index is -1.58. The fourth-order valence-electron chi connectivity index (χ4n) is 1.53. The van der Waals surface area contributed by atoms with Gasteiger partial charge in [0.15, 0.2) is 5.96 Å². The van der Waals surface area contributed by atoms with Crippen LogP contribution in [0.5, 0.6) is 0 Å². The van der Waals surface area contributed by atoms with Crippen LogP contribution in [-0.2, 0) is 6.54 Å². The Hall–Kier alpha value is -2.48. The third-order valence-electron chi connectivity index (χ3n) is 2.46. The Kier molecular flexibility index (Phi) is 5.79. The van der Waals surface area contributed by atoms with Crippen molar-refractivity contribution in [1.29, 1.82) is 0 Å². The van der Waals surface area contributed by atoms with Crippen LogP contribution in [0.3, 0.4) is 0 Å². The second-order valence-corrected chi connectivity index (χ2v) is 4.29. The summed E-state index contributed by atoms with van der Waals surface area (Å²) in [7, 11) is 0. The highest BCUT2D eigenvalue weighted by molar-refractivity contribution is 6.34. The molecule has 21 heavy (non-hydrogen) atoms. The molecule has 0 fully saturated rings. The first-order valence-electron chi connectivity index (χ1n) is 5.94. The average Bonchev–Trinajstić information content (AvgIpc) is 2.39. The number of guanidine groups is 1. The molecular weight excluding hydrogens is 300 g/mol. The summed E-state index contributed by atoms with van der Waals surface area (Å²) in [4.78, 5) is 25.9. The lowest BCUT2D eigenvalue weighted by molar-refractivity contribution is 0.120. The molecule has 0 spiro atoms. The summed E-state index contributed by atoms with van der Waals surface area (Å²) >= 11 is 6.12. The van der Waals surface area contributed by atoms with Crippen molar-refractivity contribution in [2.24, 2.45) is 10.7 Å². The molecule has 1 rings (SSSR count). The predicted octanol–water partition coefficient (Wildman–Crippen LogP) is 2.24. The molecular formula is C12H15ClN4O4. The normalized spacial score (nSPS) is 11.0. The van der Waals surface area contributed by atoms with Crippen molar-refractivity contribution in [3.63, 3.8) is 0 Å². The summed E-state index contributed by atoms with van der Waals surface area (Å²) < 4.78 is 0. The maximum absolute atomic E-state index is 10.9. The molecule has 1 aromatic rings. The molecule has 114 valence electrons. The molecule has 0 aliphatic heterocycles. The van der Waals surface area contributed by atoms with E-state index < -0.39 is 12.2 Å². The van der Waals surface area contributed by atoms with E-state index in [-0.39, 0.29) is 22.4 Å². The van der Waals surface area contributed by atoms with Crippen LogP contribution in [0.2, 0.25) is 5.02 Å². The number of carboxylic acid groups (broad SMARTS) is 2. The largest absolute Gasteiger partial charge is 0.465 e. The summed E-state index contributed by atoms with van der Waals surface area (Å²) in [6.45, 7) is 1.91. The van der Waals surface area contributed by atoms with Gasteiger partial charge in [-0.05, 0) is 18.6 Å². The van der Waals surface area contributed by atoms with Crippen LogP contribution in [0.15, 0.2) is 23.2 Å². The molecule has 0 saturated heterocycles. The van der Waals surface area contributed by atoms with Gasteiger partial charge in [0.05, 0.1) is 17.3 Å². The minimum Gasteiger partial charge on any atom is -0.465 e. The Morgan fingerprint density at radius 1 is 1.38 bits per heavy atom. The number of imide groups is 1. The van der Waals surface area contributed by atoms with Gasteiger partial charge in [-0.15, -0.1) is 0 Å². The highest BCUT2D eigenvalue weighted by atomic mass is 35.5. The summed E-state index contributed by atoms with van der Waals surface area (Å²) in [6.07, 6.45) is -3.16. The number of nitrogens with zero attached hydrogens (tertiary/aromatic N) is 2. The summed E-state index contributed by atoms with van der Waals surface area (Å²) in [6, 6.07) is 4.75. The van der Waals surface area contributed by atoms with Crippen LogP contribution in [0, 0.1) is 0 Å². The zero-order valence-electron chi connectivity index (χ0n) is 11.2. The number of nitrogens with one attached hydrogen (secondary N) is 1. The van der Waals surface area contributed by atoms with E-state index >= 15 is 0 Å². The number of hydrogen-bond acceptors (Lipinski definition) is 3. The topological polar surface area (TPSA) is 128 Å². The van der Waals surface area contributed by atoms with E-state index in [1.54, 1.807) is 12.1 Å². The molecule has 0 bridgehead atoms. The van der Waals surface area contributed by atoms with Crippen LogP contribution in [-0.4, -0.2) is 39.8 Å². The van der Waals surface area contributed by atoms with E-state index in [9.17, 15) is 9.59 Å². The predicted molar refractivity (Wildman–Crippen MR) is 78.8 cm³/mol. The molecule has 5 N–H and O–H groups in total. The van der Waals surface area contributed by atoms with Crippen molar-refractivity contribution in [3.8, 4) is 0 Å². The fraction of sp³-hybridized carbons (Fsp3) is 0.250. The molecule has 0 radical (unpaired) electrons. The van der Waals surface area contributed by atoms with Crippen molar-refractivity contribution in [1.82, 2.24) is 4.90 Å². The average molecular weight is 315 g/mol. The van der Waals surface area contributed by atoms with E-state index in [0.29, 0.717) is 17.8 Å². The van der Waals surface area contributed by atoms with E-state index in [0.717, 1.165) is 0 Å². The van der Waals surface area contributed by atoms with Crippen molar-refractivity contribution in [2.75, 3.05) is 11.9 Å². The molecule has 0 aliphatic rings. The van der Waals surface area contributed by atoms with Crippen LogP contribution >= 0.6 is 11.6 Å². The van der Waals surface area contributed by atoms with Gasteiger partial charge in [-0.3, -0.25) is 4.99 Å². The first-order chi connectivity index (χ1) is 9.86. The number of aliphatic imine (C=N–C) groups is 1. The number of nitrogens with two attached hydrogens (primary N) is 1. The second-order valence-electron chi connectivity index (χ2n) is 3.91. The van der Waals surface area contributed by atoms with Gasteiger partial charge in [0, 0.05) is 6.54 Å². The van der Waals surface area contributed by atoms with E-state index in [1.807, 2.05) is 6.92 Å². The van der Waals surface area contributed by atoms with Crippen molar-refractivity contribution >= 4 is 35.4 Å². The number of amides is 2. The molecule has 8 nitrogen and oxygen atoms in total. The Bertz CT molecular complexity index is 562. The molecule has 0 heterocycles. The lowest BCUT2D eigenvalue weighted by Crippen LogP contribution is -2.34. The Morgan fingerprint density at radius 2 is 2.00 bits per heavy atom. The van der Waals surface area contributed by atoms with Gasteiger partial charge >= 0.3 is 12.2 Å². The van der Waals surface area contributed by atoms with Gasteiger partial charge in [0.1, 0.15) is 0 Å². The van der Waals surface area contributed by atoms with Crippen LogP contribution in [0.25, 0.3) is 0 Å². The molecule has 9 heteroatoms. The van der Waals surface area contributed by atoms with Crippen molar-refractivity contribution in [2.45, 2.75) is 13.5 Å². The van der Waals surface area contributed by atoms with E-state index in [1.165, 1.54) is 6.07 Å². The highest BCUT2D eigenvalue weighted by Gasteiger charge is 2.21.